The fourth-order valence-electron chi connectivity index (χ4n) is 1.58. The molecule has 0 amide bonds. The number of nitrogens with one attached hydrogen (secondary N) is 1. The summed E-state index contributed by atoms with van der Waals surface area (Å²) in [6.07, 6.45) is 0.971. The van der Waals surface area contributed by atoms with Crippen molar-refractivity contribution in [2.75, 3.05) is 6.54 Å². The van der Waals surface area contributed by atoms with Crippen molar-refractivity contribution in [3.8, 4) is 0 Å². The van der Waals surface area contributed by atoms with Crippen LogP contribution in [0.3, 0.4) is 0 Å². The van der Waals surface area contributed by atoms with Crippen LogP contribution in [0.25, 0.3) is 0 Å². The van der Waals surface area contributed by atoms with Crippen molar-refractivity contribution in [2.24, 2.45) is 5.92 Å². The topological polar surface area (TPSA) is 12.0 Å². The third-order valence-electron chi connectivity index (χ3n) is 2.44. The minimum Gasteiger partial charge on any atom is -0.314 e. The summed E-state index contributed by atoms with van der Waals surface area (Å²) in [5, 5.41) is 3.41. The first-order valence-corrected chi connectivity index (χ1v) is 6.45. The van der Waals surface area contributed by atoms with E-state index in [2.05, 4.69) is 42.0 Å². The van der Waals surface area contributed by atoms with Gasteiger partial charge in [0.05, 0.1) is 4.47 Å². The van der Waals surface area contributed by atoms with Crippen molar-refractivity contribution < 1.29 is 4.39 Å². The van der Waals surface area contributed by atoms with Gasteiger partial charge in [-0.05, 0) is 52.5 Å². The van der Waals surface area contributed by atoms with Crippen LogP contribution in [0.1, 0.15) is 26.3 Å². The molecule has 16 heavy (non-hydrogen) atoms. The van der Waals surface area contributed by atoms with Crippen LogP contribution in [-0.2, 0) is 6.42 Å². The van der Waals surface area contributed by atoms with E-state index in [-0.39, 0.29) is 5.82 Å². The Kier molecular flexibility index (Phi) is 5.42. The van der Waals surface area contributed by atoms with E-state index in [1.54, 1.807) is 0 Å². The van der Waals surface area contributed by atoms with Gasteiger partial charge in [0, 0.05) is 6.04 Å². The lowest BCUT2D eigenvalue weighted by molar-refractivity contribution is 0.475. The van der Waals surface area contributed by atoms with Gasteiger partial charge < -0.3 is 5.32 Å². The Labute approximate surface area is 106 Å². The first-order chi connectivity index (χ1) is 7.49. The molecule has 90 valence electrons. The maximum Gasteiger partial charge on any atom is 0.137 e. The summed E-state index contributed by atoms with van der Waals surface area (Å²) in [6, 6.07) is 5.75. The van der Waals surface area contributed by atoms with Crippen LogP contribution in [-0.4, -0.2) is 12.6 Å². The highest BCUT2D eigenvalue weighted by Crippen LogP contribution is 2.18. The van der Waals surface area contributed by atoms with Crippen LogP contribution in [0.2, 0.25) is 0 Å². The molecule has 0 aliphatic rings. The molecule has 0 radical (unpaired) electrons. The van der Waals surface area contributed by atoms with E-state index in [0.717, 1.165) is 13.0 Å². The fourth-order valence-corrected chi connectivity index (χ4v) is 2.00. The van der Waals surface area contributed by atoms with E-state index in [9.17, 15) is 4.39 Å². The molecule has 0 aromatic heterocycles. The molecule has 1 nitrogen and oxygen atoms in total. The molecule has 1 unspecified atom stereocenters. The van der Waals surface area contributed by atoms with E-state index in [4.69, 9.17) is 0 Å². The monoisotopic (exact) mass is 287 g/mol. The minimum absolute atomic E-state index is 0.197. The molecule has 1 N–H and O–H groups in total. The molecule has 1 rings (SSSR count). The van der Waals surface area contributed by atoms with Gasteiger partial charge in [-0.2, -0.15) is 0 Å². The average molecular weight is 288 g/mol. The summed E-state index contributed by atoms with van der Waals surface area (Å²) < 4.78 is 13.6. The molecule has 1 atom stereocenters. The number of benzene rings is 1. The normalized spacial score (nSPS) is 13.1. The molecule has 0 heterocycles. The van der Waals surface area contributed by atoms with Gasteiger partial charge >= 0.3 is 0 Å². The molecular weight excluding hydrogens is 269 g/mol. The standard InChI is InChI=1S/C13H19BrFN/c1-9(2)16-8-10(3)6-11-4-5-13(15)12(14)7-11/h4-5,7,9-10,16H,6,8H2,1-3H3. The lowest BCUT2D eigenvalue weighted by Crippen LogP contribution is -2.28. The molecule has 0 aliphatic carbocycles. The largest absolute Gasteiger partial charge is 0.314 e. The van der Waals surface area contributed by atoms with E-state index in [1.807, 2.05) is 12.1 Å². The van der Waals surface area contributed by atoms with Crippen molar-refractivity contribution in [1.82, 2.24) is 5.32 Å². The third-order valence-corrected chi connectivity index (χ3v) is 3.05. The van der Waals surface area contributed by atoms with Crippen LogP contribution in [0.15, 0.2) is 22.7 Å². The first-order valence-electron chi connectivity index (χ1n) is 5.66. The summed E-state index contributed by atoms with van der Waals surface area (Å²) >= 11 is 3.21. The van der Waals surface area contributed by atoms with E-state index in [1.165, 1.54) is 11.6 Å². The number of hydrogen-bond donors (Lipinski definition) is 1. The summed E-state index contributed by atoms with van der Waals surface area (Å²) in [7, 11) is 0. The molecular formula is C13H19BrFN. The Morgan fingerprint density at radius 2 is 2.00 bits per heavy atom. The Bertz CT molecular complexity index is 339. The summed E-state index contributed by atoms with van der Waals surface area (Å²) in [6.45, 7) is 7.47. The maximum absolute atomic E-state index is 13.0. The highest BCUT2D eigenvalue weighted by atomic mass is 79.9. The fraction of sp³-hybridized carbons (Fsp3) is 0.538. The Hall–Kier alpha value is -0.410. The summed E-state index contributed by atoms with van der Waals surface area (Å²) in [5.41, 5.74) is 1.17. The molecule has 0 bridgehead atoms. The van der Waals surface area contributed by atoms with Gasteiger partial charge in [-0.15, -0.1) is 0 Å². The lowest BCUT2D eigenvalue weighted by Gasteiger charge is -2.15. The van der Waals surface area contributed by atoms with Crippen molar-refractivity contribution in [1.29, 1.82) is 0 Å². The zero-order valence-corrected chi connectivity index (χ0v) is 11.6. The van der Waals surface area contributed by atoms with Crippen molar-refractivity contribution in [3.63, 3.8) is 0 Å². The second-order valence-corrected chi connectivity index (χ2v) is 5.48. The van der Waals surface area contributed by atoms with Gasteiger partial charge in [0.1, 0.15) is 5.82 Å². The molecule has 0 saturated heterocycles. The molecule has 1 aromatic carbocycles. The second kappa shape index (κ2) is 6.36. The quantitative estimate of drug-likeness (QED) is 0.869. The predicted molar refractivity (Wildman–Crippen MR) is 70.1 cm³/mol. The molecule has 0 fully saturated rings. The Morgan fingerprint density at radius 3 is 2.56 bits per heavy atom. The van der Waals surface area contributed by atoms with Gasteiger partial charge in [0.15, 0.2) is 0 Å². The van der Waals surface area contributed by atoms with Gasteiger partial charge in [-0.25, -0.2) is 4.39 Å². The Morgan fingerprint density at radius 1 is 1.31 bits per heavy atom. The SMILES string of the molecule is CC(CNC(C)C)Cc1ccc(F)c(Br)c1. The molecule has 0 aliphatic heterocycles. The van der Waals surface area contributed by atoms with Crippen LogP contribution in [0, 0.1) is 11.7 Å². The van der Waals surface area contributed by atoms with Crippen molar-refractivity contribution in [3.05, 3.63) is 34.1 Å². The number of rotatable bonds is 5. The van der Waals surface area contributed by atoms with Gasteiger partial charge in [0.2, 0.25) is 0 Å². The van der Waals surface area contributed by atoms with Crippen LogP contribution in [0.4, 0.5) is 4.39 Å². The first kappa shape index (κ1) is 13.7. The Balaban J connectivity index is 2.49. The van der Waals surface area contributed by atoms with Crippen LogP contribution in [0.5, 0.6) is 0 Å². The zero-order valence-electron chi connectivity index (χ0n) is 10.1. The minimum atomic E-state index is -0.197. The lowest BCUT2D eigenvalue weighted by atomic mass is 10.0. The molecule has 3 heteroatoms. The zero-order chi connectivity index (χ0) is 12.1. The summed E-state index contributed by atoms with van der Waals surface area (Å²) in [4.78, 5) is 0. The predicted octanol–water partition coefficient (Wildman–Crippen LogP) is 3.76. The van der Waals surface area contributed by atoms with Crippen LogP contribution < -0.4 is 5.32 Å². The highest BCUT2D eigenvalue weighted by Gasteiger charge is 2.06. The maximum atomic E-state index is 13.0. The van der Waals surface area contributed by atoms with E-state index in [0.29, 0.717) is 16.4 Å². The van der Waals surface area contributed by atoms with Gasteiger partial charge in [-0.3, -0.25) is 0 Å². The summed E-state index contributed by atoms with van der Waals surface area (Å²) in [5.74, 6) is 0.358. The van der Waals surface area contributed by atoms with Crippen molar-refractivity contribution >= 4 is 15.9 Å². The van der Waals surface area contributed by atoms with Crippen LogP contribution >= 0.6 is 15.9 Å². The second-order valence-electron chi connectivity index (χ2n) is 4.62. The van der Waals surface area contributed by atoms with Gasteiger partial charge in [-0.1, -0.05) is 26.8 Å². The smallest absolute Gasteiger partial charge is 0.137 e. The number of hydrogen-bond acceptors (Lipinski definition) is 1. The van der Waals surface area contributed by atoms with E-state index >= 15 is 0 Å². The van der Waals surface area contributed by atoms with Crippen molar-refractivity contribution in [2.45, 2.75) is 33.2 Å². The molecule has 0 saturated carbocycles. The third kappa shape index (κ3) is 4.62. The highest BCUT2D eigenvalue weighted by molar-refractivity contribution is 9.10. The number of halogens is 2. The van der Waals surface area contributed by atoms with Gasteiger partial charge in [0.25, 0.3) is 0 Å². The molecule has 1 aromatic rings. The molecule has 0 spiro atoms. The van der Waals surface area contributed by atoms with E-state index < -0.39 is 0 Å². The average Bonchev–Trinajstić information content (AvgIpc) is 2.21.